The summed E-state index contributed by atoms with van der Waals surface area (Å²) in [5.74, 6) is -6.48. The summed E-state index contributed by atoms with van der Waals surface area (Å²) in [7, 11) is 0. The summed E-state index contributed by atoms with van der Waals surface area (Å²) >= 11 is 0. The van der Waals surface area contributed by atoms with Gasteiger partial charge < -0.3 is 43.6 Å². The van der Waals surface area contributed by atoms with Gasteiger partial charge in [0, 0.05) is 37.5 Å². The van der Waals surface area contributed by atoms with Crippen molar-refractivity contribution < 1.29 is 71.8 Å². The van der Waals surface area contributed by atoms with Crippen molar-refractivity contribution in [3.05, 3.63) is 82.9 Å². The van der Waals surface area contributed by atoms with Gasteiger partial charge >= 0.3 is 35.9 Å². The zero-order chi connectivity index (χ0) is 46.7. The molecule has 2 aromatic carbocycles. The predicted octanol–water partition coefficient (Wildman–Crippen LogP) is 5.43. The molecular formula is C48H57NO15. The minimum Gasteiger partial charge on any atom is -0.455 e. The molecule has 2 aromatic rings. The summed E-state index contributed by atoms with van der Waals surface area (Å²) in [6.07, 6.45) is -8.32. The minimum absolute atomic E-state index is 0.112. The second kappa shape index (κ2) is 16.7. The number of ether oxygens (including phenoxy) is 7. The monoisotopic (exact) mass is 887 g/mol. The summed E-state index contributed by atoms with van der Waals surface area (Å²) < 4.78 is 42.3. The van der Waals surface area contributed by atoms with E-state index in [0.717, 1.165) is 6.92 Å². The fourth-order valence-electron chi connectivity index (χ4n) is 10.7. The average Bonchev–Trinajstić information content (AvgIpc) is 3.95. The smallest absolute Gasteiger partial charge is 0.408 e. The second-order valence-electron chi connectivity index (χ2n) is 19.1. The van der Waals surface area contributed by atoms with Gasteiger partial charge in [-0.15, -0.1) is 0 Å². The van der Waals surface area contributed by atoms with Crippen molar-refractivity contribution in [2.24, 2.45) is 22.7 Å². The first kappa shape index (κ1) is 46.4. The summed E-state index contributed by atoms with van der Waals surface area (Å²) in [5, 5.41) is 16.5. The van der Waals surface area contributed by atoms with Crippen LogP contribution >= 0.6 is 0 Å². The number of carbonyl (C=O) groups is 7. The first-order valence-electron chi connectivity index (χ1n) is 21.7. The van der Waals surface area contributed by atoms with E-state index in [4.69, 9.17) is 33.2 Å². The van der Waals surface area contributed by atoms with E-state index in [9.17, 15) is 33.9 Å². The predicted molar refractivity (Wildman–Crippen MR) is 224 cm³/mol. The summed E-state index contributed by atoms with van der Waals surface area (Å²) in [4.78, 5) is 97.3. The number of esters is 5. The van der Waals surface area contributed by atoms with Crippen LogP contribution in [0.25, 0.3) is 0 Å². The number of nitrogens with one attached hydrogen (secondary N) is 1. The van der Waals surface area contributed by atoms with Crippen molar-refractivity contribution in [3.8, 4) is 0 Å². The van der Waals surface area contributed by atoms with E-state index in [0.29, 0.717) is 12.0 Å². The van der Waals surface area contributed by atoms with Crippen LogP contribution in [0.1, 0.15) is 110 Å². The number of carbonyl (C=O) groups excluding carboxylic acids is 7. The van der Waals surface area contributed by atoms with Crippen molar-refractivity contribution in [1.82, 2.24) is 5.32 Å². The molecule has 2 bridgehead atoms. The zero-order valence-corrected chi connectivity index (χ0v) is 37.6. The van der Waals surface area contributed by atoms with E-state index in [1.807, 2.05) is 0 Å². The van der Waals surface area contributed by atoms with Gasteiger partial charge in [-0.2, -0.15) is 0 Å². The first-order chi connectivity index (χ1) is 30.0. The number of hydrogen-bond acceptors (Lipinski definition) is 15. The quantitative estimate of drug-likeness (QED) is 0.163. The fraction of sp³-hybridized carbons (Fsp3) is 0.562. The number of alkyl carbamates (subject to hydrolysis) is 1. The number of fused-ring (bicyclic) bond motifs is 4. The number of amides is 1. The number of aliphatic hydroxyl groups is 1. The van der Waals surface area contributed by atoms with E-state index < -0.39 is 124 Å². The van der Waals surface area contributed by atoms with Gasteiger partial charge in [-0.25, -0.2) is 14.4 Å². The highest BCUT2D eigenvalue weighted by Gasteiger charge is 2.84. The largest absolute Gasteiger partial charge is 0.455 e. The van der Waals surface area contributed by atoms with Crippen LogP contribution in [0.5, 0.6) is 0 Å². The van der Waals surface area contributed by atoms with Crippen LogP contribution in [0.4, 0.5) is 4.79 Å². The highest BCUT2D eigenvalue weighted by atomic mass is 16.6. The molecule has 1 amide bonds. The maximum atomic E-state index is 15.6. The van der Waals surface area contributed by atoms with Crippen molar-refractivity contribution in [2.45, 2.75) is 141 Å². The van der Waals surface area contributed by atoms with Crippen molar-refractivity contribution >= 4 is 41.7 Å². The summed E-state index contributed by atoms with van der Waals surface area (Å²) in [6.45, 7) is 13.5. The van der Waals surface area contributed by atoms with Gasteiger partial charge in [0.05, 0.1) is 18.1 Å². The lowest BCUT2D eigenvalue weighted by molar-refractivity contribution is -0.323. The van der Waals surface area contributed by atoms with Gasteiger partial charge in [0.1, 0.15) is 35.6 Å². The number of ketones is 1. The van der Waals surface area contributed by atoms with Crippen LogP contribution in [0.15, 0.2) is 71.8 Å². The normalized spacial score (nSPS) is 31.9. The highest BCUT2D eigenvalue weighted by Crippen LogP contribution is 2.74. The molecule has 4 aliphatic carbocycles. The van der Waals surface area contributed by atoms with Crippen LogP contribution in [0.3, 0.4) is 0 Å². The van der Waals surface area contributed by atoms with Gasteiger partial charge in [-0.05, 0) is 75.3 Å². The summed E-state index contributed by atoms with van der Waals surface area (Å²) in [5.41, 5.74) is -6.98. The summed E-state index contributed by atoms with van der Waals surface area (Å²) in [6, 6.07) is 15.0. The Kier molecular flexibility index (Phi) is 12.1. The molecule has 0 unspecified atom stereocenters. The van der Waals surface area contributed by atoms with Gasteiger partial charge in [-0.1, -0.05) is 69.3 Å². The molecule has 1 saturated heterocycles. The third-order valence-corrected chi connectivity index (χ3v) is 13.7. The third-order valence-electron chi connectivity index (χ3n) is 13.7. The van der Waals surface area contributed by atoms with Crippen molar-refractivity contribution in [1.29, 1.82) is 0 Å². The molecule has 0 radical (unpaired) electrons. The van der Waals surface area contributed by atoms with E-state index >= 15 is 4.79 Å². The fourth-order valence-corrected chi connectivity index (χ4v) is 10.7. The lowest BCUT2D eigenvalue weighted by Crippen LogP contribution is -2.78. The van der Waals surface area contributed by atoms with E-state index in [1.165, 1.54) is 26.0 Å². The lowest BCUT2D eigenvalue weighted by Gasteiger charge is -2.64. The Labute approximate surface area is 371 Å². The molecule has 344 valence electrons. The molecule has 3 saturated carbocycles. The maximum absolute atomic E-state index is 15.6. The lowest BCUT2D eigenvalue weighted by atomic mass is 9.48. The topological polar surface area (TPSA) is 216 Å². The molecule has 7 rings (SSSR count). The Hall–Kier alpha value is -5.61. The standard InChI is InChI=1S/C48H57NO15/c1-10-33(52)61-37(35(28-17-13-11-14-18-28)49-43(56)64-44(5,6)7)42(55)60-31-23-48(57)40(62-41(54)29-19-15-12-16-20-29)38-46(22-30(46)21-32-47(38,24-58-32)63-27(4)51)39(53)36(59-26(3)50)34(25(31)2)45(48,8)9/h11-20,30-32,35-38,40,57H,10,21-24H2,1-9H3,(H,49,56)/t30-,31+,32-,35+,36-,37-,38+,40+,46-,47+,48-/m1/s1. The molecule has 16 heteroatoms. The molecule has 5 aliphatic rings. The van der Waals surface area contributed by atoms with Crippen molar-refractivity contribution in [3.63, 3.8) is 0 Å². The van der Waals surface area contributed by atoms with E-state index in [2.05, 4.69) is 5.32 Å². The molecular weight excluding hydrogens is 831 g/mol. The van der Waals surface area contributed by atoms with Gasteiger partial charge in [-0.3, -0.25) is 19.2 Å². The number of rotatable bonds is 11. The van der Waals surface area contributed by atoms with Gasteiger partial charge in [0.15, 0.2) is 17.5 Å². The third kappa shape index (κ3) is 7.96. The van der Waals surface area contributed by atoms with Gasteiger partial charge in [0.25, 0.3) is 0 Å². The molecule has 4 fully saturated rings. The Bertz CT molecular complexity index is 2250. The van der Waals surface area contributed by atoms with E-state index in [-0.39, 0.29) is 36.2 Å². The molecule has 1 aliphatic heterocycles. The number of benzene rings is 2. The Morgan fingerprint density at radius 3 is 2.11 bits per heavy atom. The molecule has 0 aromatic heterocycles. The highest BCUT2D eigenvalue weighted by molar-refractivity contribution is 5.97. The average molecular weight is 888 g/mol. The molecule has 1 heterocycles. The Balaban J connectivity index is 1.40. The molecule has 2 N–H and O–H groups in total. The molecule has 1 spiro atoms. The zero-order valence-electron chi connectivity index (χ0n) is 37.6. The van der Waals surface area contributed by atoms with Crippen LogP contribution < -0.4 is 5.32 Å². The van der Waals surface area contributed by atoms with Gasteiger partial charge in [0.2, 0.25) is 6.10 Å². The number of Topliss-reactive ketones (excluding diaryl/α,β-unsaturated/α-hetero) is 1. The number of hydrogen-bond donors (Lipinski definition) is 2. The SMILES string of the molecule is CCC(=O)O[C@@H](C(=O)O[C@H]1C[C@@]2(O)[C@@H](OC(=O)c3ccccc3)[C@@H]3[C@]4(OC(C)=O)CO[C@@H]4C[C@@H]4C[C@@]43C(=O)[C@H](OC(C)=O)C(=C1C)C2(C)C)[C@@H](NC(=O)OC(C)(C)C)c1ccccc1. The Morgan fingerprint density at radius 1 is 0.906 bits per heavy atom. The van der Waals surface area contributed by atoms with Crippen LogP contribution in [0, 0.1) is 22.7 Å². The molecule has 16 nitrogen and oxygen atoms in total. The molecule has 11 atom stereocenters. The maximum Gasteiger partial charge on any atom is 0.408 e. The van der Waals surface area contributed by atoms with Crippen molar-refractivity contribution in [2.75, 3.05) is 6.61 Å². The Morgan fingerprint density at radius 2 is 1.55 bits per heavy atom. The van der Waals surface area contributed by atoms with Crippen LogP contribution in [0.2, 0.25) is 0 Å². The minimum atomic E-state index is -2.28. The van der Waals surface area contributed by atoms with Crippen LogP contribution in [-0.2, 0) is 57.1 Å². The van der Waals surface area contributed by atoms with E-state index in [1.54, 1.807) is 90.1 Å². The first-order valence-corrected chi connectivity index (χ1v) is 21.7. The molecule has 64 heavy (non-hydrogen) atoms. The second-order valence-corrected chi connectivity index (χ2v) is 19.1. The van der Waals surface area contributed by atoms with Crippen LogP contribution in [-0.4, -0.2) is 101 Å².